The second kappa shape index (κ2) is 10.3. The van der Waals surface area contributed by atoms with Gasteiger partial charge in [0.25, 0.3) is 5.91 Å². The lowest BCUT2D eigenvalue weighted by molar-refractivity contribution is -0.277. The molecular weight excluding hydrogens is 510 g/mol. The van der Waals surface area contributed by atoms with Crippen LogP contribution in [0.5, 0.6) is 11.5 Å². The third-order valence-corrected chi connectivity index (χ3v) is 6.09. The molecule has 0 saturated carbocycles. The standard InChI is InChI=1S/C24H24BrNO8/c1-32-17-5-3-2-4-16(17)26-23(31)15-9-13-8-14(25)7-6-12(13)10-18(15)33-24-22(30)21(29)20(28)19(11-27)34-24/h2-10,19-22,24,27-30H,11H2,1H3,(H,26,31)/t19?,20-,21-,22?,24-/m1/s1. The second-order valence-electron chi connectivity index (χ2n) is 7.81. The fourth-order valence-corrected chi connectivity index (χ4v) is 4.13. The molecule has 4 rings (SSSR count). The van der Waals surface area contributed by atoms with Gasteiger partial charge in [-0.2, -0.15) is 0 Å². The Labute approximate surface area is 203 Å². The van der Waals surface area contributed by atoms with Gasteiger partial charge in [0.2, 0.25) is 6.29 Å². The molecule has 1 saturated heterocycles. The van der Waals surface area contributed by atoms with Crippen molar-refractivity contribution in [3.05, 3.63) is 64.6 Å². The minimum absolute atomic E-state index is 0.0755. The average Bonchev–Trinajstić information content (AvgIpc) is 2.84. The number of benzene rings is 3. The molecule has 1 amide bonds. The van der Waals surface area contributed by atoms with Gasteiger partial charge in [0.15, 0.2) is 0 Å². The van der Waals surface area contributed by atoms with Crippen LogP contribution in [0.4, 0.5) is 5.69 Å². The first-order valence-corrected chi connectivity index (χ1v) is 11.3. The summed E-state index contributed by atoms with van der Waals surface area (Å²) in [5, 5.41) is 44.3. The number of fused-ring (bicyclic) bond motifs is 1. The van der Waals surface area contributed by atoms with Crippen molar-refractivity contribution in [2.75, 3.05) is 19.0 Å². The molecule has 34 heavy (non-hydrogen) atoms. The maximum absolute atomic E-state index is 13.3. The molecule has 10 heteroatoms. The molecule has 0 radical (unpaired) electrons. The van der Waals surface area contributed by atoms with E-state index >= 15 is 0 Å². The molecule has 9 nitrogen and oxygen atoms in total. The number of amides is 1. The lowest BCUT2D eigenvalue weighted by atomic mass is 9.99. The Hall–Kier alpha value is -2.73. The highest BCUT2D eigenvalue weighted by Crippen LogP contribution is 2.33. The summed E-state index contributed by atoms with van der Waals surface area (Å²) < 4.78 is 17.4. The van der Waals surface area contributed by atoms with Crippen molar-refractivity contribution in [1.29, 1.82) is 0 Å². The van der Waals surface area contributed by atoms with E-state index in [1.165, 1.54) is 7.11 Å². The van der Waals surface area contributed by atoms with Gasteiger partial charge in [0, 0.05) is 4.47 Å². The molecule has 5 atom stereocenters. The maximum atomic E-state index is 13.3. The summed E-state index contributed by atoms with van der Waals surface area (Å²) in [4.78, 5) is 13.3. The largest absolute Gasteiger partial charge is 0.495 e. The zero-order valence-corrected chi connectivity index (χ0v) is 19.7. The number of halogens is 1. The maximum Gasteiger partial charge on any atom is 0.259 e. The average molecular weight is 534 g/mol. The topological polar surface area (TPSA) is 138 Å². The number of ether oxygens (including phenoxy) is 3. The van der Waals surface area contributed by atoms with Crippen LogP contribution in [0.1, 0.15) is 10.4 Å². The number of nitrogens with one attached hydrogen (secondary N) is 1. The van der Waals surface area contributed by atoms with Gasteiger partial charge in [-0.05, 0) is 47.2 Å². The third kappa shape index (κ3) is 4.88. The molecule has 2 unspecified atom stereocenters. The summed E-state index contributed by atoms with van der Waals surface area (Å²) in [5.74, 6) is 0.0355. The van der Waals surface area contributed by atoms with E-state index in [0.717, 1.165) is 15.2 Å². The molecule has 0 bridgehead atoms. The number of hydrogen-bond acceptors (Lipinski definition) is 8. The summed E-state index contributed by atoms with van der Waals surface area (Å²) in [5.41, 5.74) is 0.580. The van der Waals surface area contributed by atoms with Crippen LogP contribution < -0.4 is 14.8 Å². The van der Waals surface area contributed by atoms with Gasteiger partial charge >= 0.3 is 0 Å². The van der Waals surface area contributed by atoms with Gasteiger partial charge < -0.3 is 40.0 Å². The second-order valence-corrected chi connectivity index (χ2v) is 8.73. The molecule has 1 aliphatic heterocycles. The van der Waals surface area contributed by atoms with Gasteiger partial charge in [-0.3, -0.25) is 4.79 Å². The van der Waals surface area contributed by atoms with E-state index in [-0.39, 0.29) is 11.3 Å². The normalized spacial score (nSPS) is 24.6. The van der Waals surface area contributed by atoms with Crippen LogP contribution in [0.25, 0.3) is 10.8 Å². The summed E-state index contributed by atoms with van der Waals surface area (Å²) in [6, 6.07) is 15.6. The molecule has 1 aliphatic rings. The molecule has 5 N–H and O–H groups in total. The molecule has 0 aromatic heterocycles. The van der Waals surface area contributed by atoms with E-state index in [9.17, 15) is 25.2 Å². The van der Waals surface area contributed by atoms with E-state index in [4.69, 9.17) is 14.2 Å². The van der Waals surface area contributed by atoms with Gasteiger partial charge in [0.05, 0.1) is 25.0 Å². The first-order valence-electron chi connectivity index (χ1n) is 10.5. The number of aliphatic hydroxyl groups is 4. The Morgan fingerprint density at radius 2 is 1.76 bits per heavy atom. The van der Waals surface area contributed by atoms with Crippen LogP contribution >= 0.6 is 15.9 Å². The first kappa shape index (κ1) is 24.4. The van der Waals surface area contributed by atoms with Crippen molar-refractivity contribution in [3.8, 4) is 11.5 Å². The van der Waals surface area contributed by atoms with Gasteiger partial charge in [-0.1, -0.05) is 34.1 Å². The number of anilines is 1. The minimum atomic E-state index is -1.62. The summed E-state index contributed by atoms with van der Waals surface area (Å²) in [6.45, 7) is -0.600. The van der Waals surface area contributed by atoms with E-state index < -0.39 is 43.2 Å². The van der Waals surface area contributed by atoms with Crippen LogP contribution in [0.15, 0.2) is 59.1 Å². The van der Waals surface area contributed by atoms with Crippen molar-refractivity contribution in [2.24, 2.45) is 0 Å². The molecule has 1 heterocycles. The highest BCUT2D eigenvalue weighted by molar-refractivity contribution is 9.10. The number of carbonyl (C=O) groups excluding carboxylic acids is 1. The number of methoxy groups -OCH3 is 1. The highest BCUT2D eigenvalue weighted by Gasteiger charge is 2.45. The summed E-state index contributed by atoms with van der Waals surface area (Å²) in [6.07, 6.45) is -7.35. The van der Waals surface area contributed by atoms with Crippen LogP contribution in [-0.2, 0) is 4.74 Å². The predicted octanol–water partition coefficient (Wildman–Crippen LogP) is 2.04. The fourth-order valence-electron chi connectivity index (χ4n) is 3.75. The van der Waals surface area contributed by atoms with Crippen LogP contribution in [-0.4, -0.2) is 70.8 Å². The van der Waals surface area contributed by atoms with E-state index in [0.29, 0.717) is 11.4 Å². The van der Waals surface area contributed by atoms with Crippen molar-refractivity contribution >= 4 is 38.3 Å². The van der Waals surface area contributed by atoms with Gasteiger partial charge in [-0.25, -0.2) is 0 Å². The Kier molecular flexibility index (Phi) is 7.36. The predicted molar refractivity (Wildman–Crippen MR) is 127 cm³/mol. The molecular formula is C24H24BrNO8. The van der Waals surface area contributed by atoms with Crippen molar-refractivity contribution in [1.82, 2.24) is 0 Å². The van der Waals surface area contributed by atoms with Gasteiger partial charge in [-0.15, -0.1) is 0 Å². The Morgan fingerprint density at radius 1 is 1.00 bits per heavy atom. The third-order valence-electron chi connectivity index (χ3n) is 5.59. The monoisotopic (exact) mass is 533 g/mol. The smallest absolute Gasteiger partial charge is 0.259 e. The molecule has 0 aliphatic carbocycles. The van der Waals surface area contributed by atoms with Crippen molar-refractivity contribution in [2.45, 2.75) is 30.7 Å². The highest BCUT2D eigenvalue weighted by atomic mass is 79.9. The SMILES string of the molecule is COc1ccccc1NC(=O)c1cc2cc(Br)ccc2cc1O[C@@H]1OC(CO)[C@@H](O)[C@@H](O)C1O. The fraction of sp³-hybridized carbons (Fsp3) is 0.292. The van der Waals surface area contributed by atoms with Crippen molar-refractivity contribution in [3.63, 3.8) is 0 Å². The van der Waals surface area contributed by atoms with E-state index in [1.807, 2.05) is 18.2 Å². The summed E-state index contributed by atoms with van der Waals surface area (Å²) in [7, 11) is 1.49. The zero-order chi connectivity index (χ0) is 24.4. The first-order chi connectivity index (χ1) is 16.3. The zero-order valence-electron chi connectivity index (χ0n) is 18.1. The lowest BCUT2D eigenvalue weighted by Gasteiger charge is -2.39. The molecule has 3 aromatic rings. The minimum Gasteiger partial charge on any atom is -0.495 e. The van der Waals surface area contributed by atoms with Crippen LogP contribution in [0, 0.1) is 0 Å². The Bertz CT molecular complexity index is 1190. The number of rotatable bonds is 6. The van der Waals surface area contributed by atoms with Crippen LogP contribution in [0.3, 0.4) is 0 Å². The van der Waals surface area contributed by atoms with Gasteiger partial charge in [0.1, 0.15) is 35.9 Å². The number of hydrogen-bond donors (Lipinski definition) is 5. The van der Waals surface area contributed by atoms with E-state index in [2.05, 4.69) is 21.2 Å². The molecule has 1 fully saturated rings. The number of carbonyl (C=O) groups is 1. The molecule has 3 aromatic carbocycles. The Morgan fingerprint density at radius 3 is 2.50 bits per heavy atom. The van der Waals surface area contributed by atoms with E-state index in [1.54, 1.807) is 36.4 Å². The lowest BCUT2D eigenvalue weighted by Crippen LogP contribution is -2.60. The quantitative estimate of drug-likeness (QED) is 0.324. The molecule has 180 valence electrons. The van der Waals surface area contributed by atoms with Crippen LogP contribution in [0.2, 0.25) is 0 Å². The number of aliphatic hydroxyl groups excluding tert-OH is 4. The summed E-state index contributed by atoms with van der Waals surface area (Å²) >= 11 is 3.42. The Balaban J connectivity index is 1.72. The van der Waals surface area contributed by atoms with Crippen molar-refractivity contribution < 1.29 is 39.4 Å². The molecule has 0 spiro atoms. The number of para-hydroxylation sites is 2.